The molecule has 0 saturated carbocycles. The van der Waals surface area contributed by atoms with Crippen LogP contribution in [-0.4, -0.2) is 13.2 Å². The van der Waals surface area contributed by atoms with Crippen molar-refractivity contribution in [1.29, 1.82) is 0 Å². The van der Waals surface area contributed by atoms with Crippen molar-refractivity contribution in [3.63, 3.8) is 0 Å². The fraction of sp³-hybridized carbons (Fsp3) is 0.538. The average Bonchev–Trinajstić information content (AvgIpc) is 2.25. The fourth-order valence-corrected chi connectivity index (χ4v) is 2.09. The Balaban J connectivity index is 2.89. The first-order chi connectivity index (χ1) is 7.58. The molecule has 16 heavy (non-hydrogen) atoms. The molecule has 2 atom stereocenters. The molecule has 0 amide bonds. The van der Waals surface area contributed by atoms with Crippen molar-refractivity contribution in [1.82, 2.24) is 0 Å². The highest BCUT2D eigenvalue weighted by molar-refractivity contribution is 6.30. The highest BCUT2D eigenvalue weighted by atomic mass is 35.5. The third-order valence-corrected chi connectivity index (χ3v) is 3.23. The molecule has 0 aliphatic heterocycles. The molecule has 0 aliphatic rings. The van der Waals surface area contributed by atoms with E-state index in [2.05, 4.69) is 6.92 Å². The molecular formula is C13H20ClNO. The van der Waals surface area contributed by atoms with Gasteiger partial charge in [-0.3, -0.25) is 0 Å². The number of methoxy groups -OCH3 is 1. The number of rotatable bonds is 5. The number of hydrogen-bond acceptors (Lipinski definition) is 2. The Morgan fingerprint density at radius 1 is 1.44 bits per heavy atom. The maximum Gasteiger partial charge on any atom is 0.122 e. The lowest BCUT2D eigenvalue weighted by molar-refractivity contribution is 0.390. The molecule has 0 heterocycles. The molecule has 2 nitrogen and oxygen atoms in total. The molecule has 1 aromatic rings. The fourth-order valence-electron chi connectivity index (χ4n) is 1.89. The van der Waals surface area contributed by atoms with Gasteiger partial charge in [-0.2, -0.15) is 0 Å². The van der Waals surface area contributed by atoms with Gasteiger partial charge in [0.25, 0.3) is 0 Å². The van der Waals surface area contributed by atoms with Gasteiger partial charge in [-0.25, -0.2) is 0 Å². The van der Waals surface area contributed by atoms with Crippen LogP contribution in [0.25, 0.3) is 0 Å². The molecule has 0 bridgehead atoms. The third kappa shape index (κ3) is 3.39. The number of halogens is 1. The Morgan fingerprint density at radius 2 is 2.12 bits per heavy atom. The maximum atomic E-state index is 5.99. The smallest absolute Gasteiger partial charge is 0.122 e. The zero-order valence-electron chi connectivity index (χ0n) is 10.2. The van der Waals surface area contributed by atoms with Crippen molar-refractivity contribution in [3.05, 3.63) is 28.8 Å². The van der Waals surface area contributed by atoms with Crippen molar-refractivity contribution in [2.75, 3.05) is 7.11 Å². The van der Waals surface area contributed by atoms with Crippen LogP contribution >= 0.6 is 11.6 Å². The average molecular weight is 242 g/mol. The van der Waals surface area contributed by atoms with E-state index in [0.717, 1.165) is 29.2 Å². The minimum atomic E-state index is 0.189. The van der Waals surface area contributed by atoms with Crippen molar-refractivity contribution in [2.45, 2.75) is 32.7 Å². The zero-order valence-corrected chi connectivity index (χ0v) is 10.9. The van der Waals surface area contributed by atoms with E-state index in [9.17, 15) is 0 Å². The monoisotopic (exact) mass is 241 g/mol. The van der Waals surface area contributed by atoms with Crippen LogP contribution in [0, 0.1) is 5.92 Å². The summed E-state index contributed by atoms with van der Waals surface area (Å²) in [4.78, 5) is 0. The maximum absolute atomic E-state index is 5.99. The van der Waals surface area contributed by atoms with Gasteiger partial charge >= 0.3 is 0 Å². The first-order valence-corrected chi connectivity index (χ1v) is 6.04. The molecule has 3 heteroatoms. The van der Waals surface area contributed by atoms with E-state index in [1.807, 2.05) is 25.1 Å². The molecule has 0 fully saturated rings. The summed E-state index contributed by atoms with van der Waals surface area (Å²) in [7, 11) is 1.68. The molecule has 0 radical (unpaired) electrons. The van der Waals surface area contributed by atoms with Crippen LogP contribution in [0.15, 0.2) is 18.2 Å². The van der Waals surface area contributed by atoms with Crippen LogP contribution < -0.4 is 10.5 Å². The molecule has 2 unspecified atom stereocenters. The summed E-state index contributed by atoms with van der Waals surface area (Å²) < 4.78 is 5.33. The van der Waals surface area contributed by atoms with Crippen LogP contribution in [0.1, 0.15) is 25.8 Å². The number of benzene rings is 1. The molecule has 0 saturated heterocycles. The largest absolute Gasteiger partial charge is 0.496 e. The summed E-state index contributed by atoms with van der Waals surface area (Å²) in [5.41, 5.74) is 7.09. The van der Waals surface area contributed by atoms with Gasteiger partial charge in [-0.1, -0.05) is 24.9 Å². The van der Waals surface area contributed by atoms with E-state index in [1.54, 1.807) is 7.11 Å². The van der Waals surface area contributed by atoms with E-state index in [4.69, 9.17) is 22.1 Å². The molecule has 2 N–H and O–H groups in total. The van der Waals surface area contributed by atoms with E-state index in [0.29, 0.717) is 5.92 Å². The zero-order chi connectivity index (χ0) is 12.1. The van der Waals surface area contributed by atoms with Crippen LogP contribution in [0.2, 0.25) is 5.02 Å². The summed E-state index contributed by atoms with van der Waals surface area (Å²) in [5, 5.41) is 0.746. The van der Waals surface area contributed by atoms with Crippen molar-refractivity contribution in [3.8, 4) is 5.75 Å². The Hall–Kier alpha value is -0.730. The highest BCUT2D eigenvalue weighted by Gasteiger charge is 2.15. The van der Waals surface area contributed by atoms with Gasteiger partial charge in [0.05, 0.1) is 7.11 Å². The third-order valence-electron chi connectivity index (χ3n) is 2.99. The lowest BCUT2D eigenvalue weighted by atomic mass is 9.91. The quantitative estimate of drug-likeness (QED) is 0.859. The minimum Gasteiger partial charge on any atom is -0.496 e. The second kappa shape index (κ2) is 6.12. The normalized spacial score (nSPS) is 14.6. The summed E-state index contributed by atoms with van der Waals surface area (Å²) in [6.45, 7) is 4.20. The first-order valence-electron chi connectivity index (χ1n) is 5.66. The predicted octanol–water partition coefficient (Wildman–Crippen LogP) is 3.26. The topological polar surface area (TPSA) is 35.2 Å². The first kappa shape index (κ1) is 13.3. The number of nitrogens with two attached hydrogens (primary N) is 1. The van der Waals surface area contributed by atoms with Gasteiger partial charge in [0.2, 0.25) is 0 Å². The second-order valence-electron chi connectivity index (χ2n) is 4.19. The highest BCUT2D eigenvalue weighted by Crippen LogP contribution is 2.26. The molecule has 0 spiro atoms. The molecule has 90 valence electrons. The predicted molar refractivity (Wildman–Crippen MR) is 69.1 cm³/mol. The Morgan fingerprint density at radius 3 is 2.62 bits per heavy atom. The SMILES string of the molecule is CCC(Cc1cc(Cl)ccc1OC)C(C)N. The van der Waals surface area contributed by atoms with Gasteiger partial charge in [0.1, 0.15) is 5.75 Å². The van der Waals surface area contributed by atoms with Crippen molar-refractivity contribution < 1.29 is 4.74 Å². The minimum absolute atomic E-state index is 0.189. The van der Waals surface area contributed by atoms with Gasteiger partial charge in [-0.15, -0.1) is 0 Å². The Bertz CT molecular complexity index is 339. The number of ether oxygens (including phenoxy) is 1. The lowest BCUT2D eigenvalue weighted by Crippen LogP contribution is -2.27. The van der Waals surface area contributed by atoms with Crippen molar-refractivity contribution in [2.24, 2.45) is 11.7 Å². The standard InChI is InChI=1S/C13H20ClNO/c1-4-10(9(2)15)7-11-8-12(14)5-6-13(11)16-3/h5-6,8-10H,4,7,15H2,1-3H3. The second-order valence-corrected chi connectivity index (χ2v) is 4.62. The lowest BCUT2D eigenvalue weighted by Gasteiger charge is -2.20. The number of hydrogen-bond donors (Lipinski definition) is 1. The van der Waals surface area contributed by atoms with Gasteiger partial charge in [0, 0.05) is 11.1 Å². The van der Waals surface area contributed by atoms with Crippen LogP contribution in [-0.2, 0) is 6.42 Å². The van der Waals surface area contributed by atoms with Gasteiger partial charge in [-0.05, 0) is 43.0 Å². The van der Waals surface area contributed by atoms with Crippen LogP contribution in [0.4, 0.5) is 0 Å². The summed E-state index contributed by atoms with van der Waals surface area (Å²) in [6.07, 6.45) is 1.98. The molecule has 1 rings (SSSR count). The summed E-state index contributed by atoms with van der Waals surface area (Å²) in [6, 6.07) is 5.90. The van der Waals surface area contributed by atoms with E-state index in [-0.39, 0.29) is 6.04 Å². The Labute approximate surface area is 103 Å². The molecule has 0 aromatic heterocycles. The molecule has 1 aromatic carbocycles. The van der Waals surface area contributed by atoms with E-state index < -0.39 is 0 Å². The van der Waals surface area contributed by atoms with Crippen LogP contribution in [0.3, 0.4) is 0 Å². The van der Waals surface area contributed by atoms with Gasteiger partial charge in [0.15, 0.2) is 0 Å². The van der Waals surface area contributed by atoms with Gasteiger partial charge < -0.3 is 10.5 Å². The van der Waals surface area contributed by atoms with Crippen LogP contribution in [0.5, 0.6) is 5.75 Å². The Kier molecular flexibility index (Phi) is 5.10. The summed E-state index contributed by atoms with van der Waals surface area (Å²) in [5.74, 6) is 1.36. The molecular weight excluding hydrogens is 222 g/mol. The van der Waals surface area contributed by atoms with E-state index >= 15 is 0 Å². The van der Waals surface area contributed by atoms with E-state index in [1.165, 1.54) is 0 Å². The summed E-state index contributed by atoms with van der Waals surface area (Å²) >= 11 is 5.99. The van der Waals surface area contributed by atoms with Crippen molar-refractivity contribution >= 4 is 11.6 Å². The molecule has 0 aliphatic carbocycles.